The van der Waals surface area contributed by atoms with Crippen molar-refractivity contribution in [1.29, 1.82) is 5.26 Å². The van der Waals surface area contributed by atoms with Crippen LogP contribution in [0.2, 0.25) is 0 Å². The average Bonchev–Trinajstić information content (AvgIpc) is 3.41. The number of Topliss-reactive ketones (excluding diaryl/α,β-unsaturated/α-hetero) is 1. The van der Waals surface area contributed by atoms with E-state index < -0.39 is 0 Å². The number of allylic oxidation sites excluding steroid dienone is 4. The summed E-state index contributed by atoms with van der Waals surface area (Å²) in [7, 11) is 2.04. The molecule has 0 N–H and O–H groups in total. The highest BCUT2D eigenvalue weighted by Gasteiger charge is 2.37. The van der Waals surface area contributed by atoms with Crippen molar-refractivity contribution in [3.05, 3.63) is 76.3 Å². The second kappa shape index (κ2) is 7.89. The number of nitriles is 1. The number of rotatable bonds is 4. The van der Waals surface area contributed by atoms with Gasteiger partial charge in [-0.3, -0.25) is 4.79 Å². The lowest BCUT2D eigenvalue weighted by Crippen LogP contribution is -2.22. The van der Waals surface area contributed by atoms with Gasteiger partial charge in [-0.2, -0.15) is 5.26 Å². The van der Waals surface area contributed by atoms with Gasteiger partial charge in [0.25, 0.3) is 0 Å². The van der Waals surface area contributed by atoms with Gasteiger partial charge in [-0.25, -0.2) is 0 Å². The van der Waals surface area contributed by atoms with E-state index >= 15 is 0 Å². The van der Waals surface area contributed by atoms with Crippen molar-refractivity contribution in [2.75, 3.05) is 11.9 Å². The number of nitrogens with zero attached hydrogens (tertiary/aromatic N) is 3. The third-order valence-electron chi connectivity index (χ3n) is 7.13. The third kappa shape index (κ3) is 3.43. The van der Waals surface area contributed by atoms with Gasteiger partial charge in [0.15, 0.2) is 0 Å². The van der Waals surface area contributed by atoms with E-state index in [9.17, 15) is 10.1 Å². The number of ketones is 1. The minimum atomic E-state index is -0.191. The summed E-state index contributed by atoms with van der Waals surface area (Å²) >= 11 is 0. The Kier molecular flexibility index (Phi) is 5.39. The molecule has 1 saturated carbocycles. The number of fused-ring (bicyclic) bond motifs is 1. The van der Waals surface area contributed by atoms with Gasteiger partial charge in [0.05, 0.1) is 0 Å². The molecule has 1 aliphatic carbocycles. The number of aryl methyl sites for hydroxylation is 1. The predicted molar refractivity (Wildman–Crippen MR) is 125 cm³/mol. The van der Waals surface area contributed by atoms with Gasteiger partial charge < -0.3 is 9.47 Å². The third-order valence-corrected chi connectivity index (χ3v) is 7.13. The van der Waals surface area contributed by atoms with E-state index in [2.05, 4.69) is 54.5 Å². The monoisotopic (exact) mass is 413 g/mol. The summed E-state index contributed by atoms with van der Waals surface area (Å²) < 4.78 is 2.30. The lowest BCUT2D eigenvalue weighted by atomic mass is 9.83. The van der Waals surface area contributed by atoms with Gasteiger partial charge in [-0.1, -0.05) is 44.9 Å². The van der Waals surface area contributed by atoms with Gasteiger partial charge in [0.1, 0.15) is 11.6 Å². The highest BCUT2D eigenvalue weighted by Crippen LogP contribution is 2.46. The molecule has 160 valence electrons. The Balaban J connectivity index is 1.68. The van der Waals surface area contributed by atoms with Crippen LogP contribution in [-0.2, 0) is 5.41 Å². The molecule has 0 amide bonds. The molecule has 1 aromatic heterocycles. The molecule has 1 fully saturated rings. The first kappa shape index (κ1) is 21.2. The zero-order valence-electron chi connectivity index (χ0n) is 19.2. The van der Waals surface area contributed by atoms with Gasteiger partial charge in [0, 0.05) is 46.8 Å². The van der Waals surface area contributed by atoms with Crippen molar-refractivity contribution < 1.29 is 4.79 Å². The molecule has 4 rings (SSSR count). The van der Waals surface area contributed by atoms with Gasteiger partial charge in [-0.05, 0) is 56.5 Å². The summed E-state index contributed by atoms with van der Waals surface area (Å²) in [5, 5.41) is 9.79. The largest absolute Gasteiger partial charge is 0.347 e. The van der Waals surface area contributed by atoms with Crippen LogP contribution in [0.25, 0.3) is 0 Å². The van der Waals surface area contributed by atoms with Gasteiger partial charge >= 0.3 is 0 Å². The molecule has 0 bridgehead atoms. The molecule has 1 aliphatic heterocycles. The first-order chi connectivity index (χ1) is 14.8. The highest BCUT2D eigenvalue weighted by atomic mass is 16.1. The Labute approximate surface area is 185 Å². The van der Waals surface area contributed by atoms with Crippen molar-refractivity contribution in [3.63, 3.8) is 0 Å². The van der Waals surface area contributed by atoms with Crippen molar-refractivity contribution >= 4 is 11.5 Å². The van der Waals surface area contributed by atoms with E-state index in [-0.39, 0.29) is 16.8 Å². The molecule has 0 saturated heterocycles. The van der Waals surface area contributed by atoms with Crippen LogP contribution in [0.5, 0.6) is 0 Å². The quantitative estimate of drug-likeness (QED) is 0.342. The van der Waals surface area contributed by atoms with E-state index in [0.717, 1.165) is 22.8 Å². The molecule has 2 aromatic rings. The molecule has 0 unspecified atom stereocenters. The summed E-state index contributed by atoms with van der Waals surface area (Å²) in [4.78, 5) is 15.4. The summed E-state index contributed by atoms with van der Waals surface area (Å²) in [6.45, 7) is 8.43. The fourth-order valence-electron chi connectivity index (χ4n) is 5.50. The molecule has 31 heavy (non-hydrogen) atoms. The second-order valence-corrected chi connectivity index (χ2v) is 9.37. The van der Waals surface area contributed by atoms with Crippen molar-refractivity contribution in [3.8, 4) is 6.07 Å². The lowest BCUT2D eigenvalue weighted by Gasteiger charge is -2.23. The molecular weight excluding hydrogens is 382 g/mol. The topological polar surface area (TPSA) is 49.0 Å². The van der Waals surface area contributed by atoms with Crippen LogP contribution in [0.1, 0.15) is 72.9 Å². The fourth-order valence-corrected chi connectivity index (χ4v) is 5.50. The zero-order valence-corrected chi connectivity index (χ0v) is 19.2. The number of para-hydroxylation sites is 1. The summed E-state index contributed by atoms with van der Waals surface area (Å²) in [5.41, 5.74) is 6.22. The van der Waals surface area contributed by atoms with Crippen LogP contribution in [-0.4, -0.2) is 17.4 Å². The molecule has 0 atom stereocenters. The van der Waals surface area contributed by atoms with Crippen molar-refractivity contribution in [2.24, 2.45) is 0 Å². The van der Waals surface area contributed by atoms with E-state index in [1.54, 1.807) is 6.08 Å². The minimum absolute atomic E-state index is 0.180. The fraction of sp³-hybridized carbons (Fsp3) is 0.407. The molecule has 0 radical (unpaired) electrons. The van der Waals surface area contributed by atoms with E-state index in [0.29, 0.717) is 11.6 Å². The molecular formula is C27H31N3O. The van der Waals surface area contributed by atoms with Crippen molar-refractivity contribution in [1.82, 2.24) is 4.57 Å². The van der Waals surface area contributed by atoms with Gasteiger partial charge in [0.2, 0.25) is 5.78 Å². The first-order valence-corrected chi connectivity index (χ1v) is 11.2. The minimum Gasteiger partial charge on any atom is -0.347 e. The van der Waals surface area contributed by atoms with Crippen LogP contribution in [0.3, 0.4) is 0 Å². The van der Waals surface area contributed by atoms with Crippen LogP contribution < -0.4 is 4.90 Å². The average molecular weight is 414 g/mol. The molecule has 4 heteroatoms. The maximum atomic E-state index is 13.3. The normalized spacial score (nSPS) is 19.7. The molecule has 2 aliphatic rings. The number of hydrogen-bond donors (Lipinski definition) is 0. The number of carbonyl (C=O) groups excluding carboxylic acids is 1. The predicted octanol–water partition coefficient (Wildman–Crippen LogP) is 6.16. The van der Waals surface area contributed by atoms with Crippen LogP contribution >= 0.6 is 0 Å². The number of carbonyl (C=O) groups is 1. The zero-order chi connectivity index (χ0) is 22.3. The molecule has 0 spiro atoms. The van der Waals surface area contributed by atoms with Gasteiger partial charge in [-0.15, -0.1) is 0 Å². The Morgan fingerprint density at radius 3 is 2.52 bits per heavy atom. The Hall–Kier alpha value is -3.06. The number of hydrogen-bond acceptors (Lipinski definition) is 3. The SMILES string of the molecule is Cc1cc(C(=O)C(C#N)=CC=C2N(C)c3ccccc3C2(C)C)c(C)n1C1CCCC1. The number of anilines is 1. The maximum absolute atomic E-state index is 13.3. The number of benzene rings is 1. The number of aromatic nitrogens is 1. The Morgan fingerprint density at radius 2 is 1.87 bits per heavy atom. The van der Waals surface area contributed by atoms with E-state index in [1.165, 1.54) is 31.2 Å². The standard InChI is InChI=1S/C27H31N3O/c1-18-16-22(19(2)30(18)21-10-6-7-11-21)26(31)20(17-28)14-15-25-27(3,4)23-12-8-9-13-24(23)29(25)5/h8-9,12-16,21H,6-7,10-11H2,1-5H3. The molecule has 4 nitrogen and oxygen atoms in total. The van der Waals surface area contributed by atoms with Crippen molar-refractivity contribution in [2.45, 2.75) is 64.8 Å². The van der Waals surface area contributed by atoms with Crippen LogP contribution in [0, 0.1) is 25.2 Å². The maximum Gasteiger partial charge on any atom is 0.205 e. The number of likely N-dealkylation sites (N-methyl/N-ethyl adjacent to an activating group) is 1. The summed E-state index contributed by atoms with van der Waals surface area (Å²) in [6.07, 6.45) is 8.45. The van der Waals surface area contributed by atoms with E-state index in [4.69, 9.17) is 0 Å². The summed E-state index contributed by atoms with van der Waals surface area (Å²) in [6, 6.07) is 12.9. The smallest absolute Gasteiger partial charge is 0.205 e. The van der Waals surface area contributed by atoms with E-state index in [1.807, 2.05) is 32.2 Å². The summed E-state index contributed by atoms with van der Waals surface area (Å²) in [5.74, 6) is -0.187. The second-order valence-electron chi connectivity index (χ2n) is 9.37. The Morgan fingerprint density at radius 1 is 1.19 bits per heavy atom. The molecule has 2 heterocycles. The Bertz CT molecular complexity index is 1130. The highest BCUT2D eigenvalue weighted by molar-refractivity contribution is 6.12. The van der Waals surface area contributed by atoms with Crippen LogP contribution in [0.15, 0.2) is 53.8 Å². The van der Waals surface area contributed by atoms with Crippen LogP contribution in [0.4, 0.5) is 5.69 Å². The lowest BCUT2D eigenvalue weighted by molar-refractivity contribution is 0.103. The molecule has 1 aromatic carbocycles. The first-order valence-electron chi connectivity index (χ1n) is 11.2.